The van der Waals surface area contributed by atoms with E-state index in [0.717, 1.165) is 16.5 Å². The van der Waals surface area contributed by atoms with Gasteiger partial charge in [-0.1, -0.05) is 35.8 Å². The van der Waals surface area contributed by atoms with Gasteiger partial charge in [-0.05, 0) is 11.5 Å². The predicted octanol–water partition coefficient (Wildman–Crippen LogP) is 2.51. The summed E-state index contributed by atoms with van der Waals surface area (Å²) < 4.78 is 28.3. The predicted molar refractivity (Wildman–Crippen MR) is 65.2 cm³/mol. The largest absolute Gasteiger partial charge is 0.574 e. The number of hydrogen-bond donors (Lipinski definition) is 0. The Kier molecular flexibility index (Phi) is 1.61. The van der Waals surface area contributed by atoms with Crippen molar-refractivity contribution in [1.29, 1.82) is 0 Å². The average molecular weight is 219 g/mol. The molecule has 0 fully saturated rings. The summed E-state index contributed by atoms with van der Waals surface area (Å²) in [5, 5.41) is 1.64. The molecule has 0 saturated heterocycles. The molecular weight excluding hydrogens is 207 g/mol. The molecule has 0 bridgehead atoms. The molecule has 16 heavy (non-hydrogen) atoms. The minimum Gasteiger partial charge on any atom is -0.423 e. The maximum absolute atomic E-state index is 14.3. The van der Waals surface area contributed by atoms with Crippen molar-refractivity contribution >= 4 is 28.8 Å². The van der Waals surface area contributed by atoms with Gasteiger partial charge in [0.2, 0.25) is 0 Å². The molecule has 4 heteroatoms. The summed E-state index contributed by atoms with van der Waals surface area (Å²) in [5.41, 5.74) is 0.927. The maximum atomic E-state index is 14.3. The van der Waals surface area contributed by atoms with Crippen LogP contribution in [0.15, 0.2) is 36.4 Å². The van der Waals surface area contributed by atoms with Gasteiger partial charge in [-0.15, -0.1) is 0 Å². The van der Waals surface area contributed by atoms with Gasteiger partial charge in [-0.2, -0.15) is 0 Å². The van der Waals surface area contributed by atoms with E-state index in [0.29, 0.717) is 0 Å². The molecule has 1 nitrogen and oxygen atoms in total. The first kappa shape index (κ1) is 9.79. The van der Waals surface area contributed by atoms with Crippen LogP contribution in [0, 0.1) is 0 Å². The number of rotatable bonds is 0. The number of quaternary nitrogens is 1. The molecule has 0 aliphatic carbocycles. The Balaban J connectivity index is 2.54. The van der Waals surface area contributed by atoms with Crippen LogP contribution < -0.4 is 9.86 Å². The van der Waals surface area contributed by atoms with Crippen LogP contribution in [0.1, 0.15) is 0 Å². The molecule has 3 rings (SSSR count). The van der Waals surface area contributed by atoms with Crippen molar-refractivity contribution in [3.63, 3.8) is 0 Å². The Morgan fingerprint density at radius 1 is 1.00 bits per heavy atom. The normalized spacial score (nSPS) is 20.2. The molecule has 2 aromatic carbocycles. The zero-order valence-electron chi connectivity index (χ0n) is 9.24. The molecule has 0 aromatic heterocycles. The number of halogens is 2. The van der Waals surface area contributed by atoms with Crippen LogP contribution in [0.3, 0.4) is 0 Å². The van der Waals surface area contributed by atoms with Crippen LogP contribution in [0.5, 0.6) is 0 Å². The van der Waals surface area contributed by atoms with Gasteiger partial charge >= 0.3 is 6.84 Å². The molecule has 0 atom stereocenters. The first-order valence-corrected chi connectivity index (χ1v) is 5.34. The first-order chi connectivity index (χ1) is 7.46. The van der Waals surface area contributed by atoms with E-state index in [1.165, 1.54) is 0 Å². The van der Waals surface area contributed by atoms with Gasteiger partial charge < -0.3 is 13.0 Å². The fraction of sp³-hybridized carbons (Fsp3) is 0.167. The molecule has 0 N–H and O–H groups in total. The van der Waals surface area contributed by atoms with E-state index in [4.69, 9.17) is 0 Å². The van der Waals surface area contributed by atoms with Crippen molar-refractivity contribution in [1.82, 2.24) is 4.39 Å². The number of nitrogens with zero attached hydrogens (tertiary/aromatic N) is 1. The molecule has 0 amide bonds. The third-order valence-corrected chi connectivity index (χ3v) is 3.72. The lowest BCUT2D eigenvalue weighted by Gasteiger charge is -2.40. The Morgan fingerprint density at radius 3 is 2.31 bits per heavy atom. The molecule has 1 heterocycles. The van der Waals surface area contributed by atoms with E-state index in [-0.39, 0.29) is 9.86 Å². The van der Waals surface area contributed by atoms with Crippen molar-refractivity contribution in [3.8, 4) is 0 Å². The van der Waals surface area contributed by atoms with Gasteiger partial charge in [0, 0.05) is 19.5 Å². The van der Waals surface area contributed by atoms with E-state index in [1.54, 1.807) is 32.3 Å². The zero-order valence-corrected chi connectivity index (χ0v) is 9.24. The molecule has 0 unspecified atom stereocenters. The lowest BCUT2D eigenvalue weighted by Crippen LogP contribution is -2.63. The van der Waals surface area contributed by atoms with Crippen molar-refractivity contribution in [2.45, 2.75) is 0 Å². The summed E-state index contributed by atoms with van der Waals surface area (Å²) in [5.74, 6) is 0. The Hall–Kier alpha value is -1.42. The third kappa shape index (κ3) is 0.889. The molecule has 2 aromatic rings. The average Bonchev–Trinajstić information content (AvgIpc) is 2.40. The second-order valence-electron chi connectivity index (χ2n) is 4.89. The minimum atomic E-state index is -3.56. The Labute approximate surface area is 92.9 Å². The lowest BCUT2D eigenvalue weighted by atomic mass is 9.69. The topological polar surface area (TPSA) is 0 Å². The molecule has 0 spiro atoms. The van der Waals surface area contributed by atoms with Crippen LogP contribution in [-0.4, -0.2) is 20.9 Å². The molecule has 0 radical (unpaired) electrons. The standard InChI is InChI=1S/C12H12BF2N/c1-16(2)11-8-4-6-9-5-3-7-10(12(9)11)13(16,14)15/h3-8H,1-2H3. The SMILES string of the molecule is C[N+]1(C)c2cccc3cccc(c23)[B-]1(F)F. The molecular formula is C12H12BF2N. The van der Waals surface area contributed by atoms with Crippen molar-refractivity contribution < 1.29 is 8.63 Å². The second-order valence-corrected chi connectivity index (χ2v) is 4.89. The first-order valence-electron chi connectivity index (χ1n) is 5.34. The fourth-order valence-corrected chi connectivity index (χ4v) is 2.64. The highest BCUT2D eigenvalue weighted by Crippen LogP contribution is 2.40. The minimum absolute atomic E-state index is 0.207. The smallest absolute Gasteiger partial charge is 0.423 e. The highest BCUT2D eigenvalue weighted by Gasteiger charge is 2.53. The van der Waals surface area contributed by atoms with Gasteiger partial charge in [-0.25, -0.2) is 0 Å². The highest BCUT2D eigenvalue weighted by molar-refractivity contribution is 6.85. The van der Waals surface area contributed by atoms with E-state index >= 15 is 0 Å². The van der Waals surface area contributed by atoms with E-state index in [2.05, 4.69) is 0 Å². The molecule has 1 aliphatic rings. The van der Waals surface area contributed by atoms with Crippen LogP contribution in [0.25, 0.3) is 10.8 Å². The highest BCUT2D eigenvalue weighted by atomic mass is 19.2. The van der Waals surface area contributed by atoms with E-state index in [1.807, 2.05) is 18.2 Å². The molecule has 1 aliphatic heterocycles. The van der Waals surface area contributed by atoms with E-state index < -0.39 is 6.84 Å². The summed E-state index contributed by atoms with van der Waals surface area (Å²) in [4.78, 5) is 0. The van der Waals surface area contributed by atoms with Crippen molar-refractivity contribution in [3.05, 3.63) is 36.4 Å². The lowest BCUT2D eigenvalue weighted by molar-refractivity contribution is 0.453. The summed E-state index contributed by atoms with van der Waals surface area (Å²) in [6, 6.07) is 10.7. The van der Waals surface area contributed by atoms with Crippen LogP contribution in [0.2, 0.25) is 0 Å². The maximum Gasteiger partial charge on any atom is 0.574 e. The fourth-order valence-electron chi connectivity index (χ4n) is 2.64. The van der Waals surface area contributed by atoms with Gasteiger partial charge in [0.25, 0.3) is 0 Å². The number of benzene rings is 2. The zero-order chi connectivity index (χ0) is 11.6. The summed E-state index contributed by atoms with van der Waals surface area (Å²) >= 11 is 0. The van der Waals surface area contributed by atoms with Gasteiger partial charge in [0.1, 0.15) is 0 Å². The summed E-state index contributed by atoms with van der Waals surface area (Å²) in [6.07, 6.45) is 0. The van der Waals surface area contributed by atoms with Gasteiger partial charge in [0.05, 0.1) is 5.69 Å². The van der Waals surface area contributed by atoms with Gasteiger partial charge in [-0.3, -0.25) is 0 Å². The van der Waals surface area contributed by atoms with Crippen LogP contribution in [-0.2, 0) is 0 Å². The number of hydrogen-bond acceptors (Lipinski definition) is 0. The van der Waals surface area contributed by atoms with Crippen molar-refractivity contribution in [2.24, 2.45) is 0 Å². The van der Waals surface area contributed by atoms with Crippen LogP contribution >= 0.6 is 0 Å². The quantitative estimate of drug-likeness (QED) is 0.597. The monoisotopic (exact) mass is 219 g/mol. The Bertz CT molecular complexity index is 544. The second kappa shape index (κ2) is 2.63. The van der Waals surface area contributed by atoms with Gasteiger partial charge in [0.15, 0.2) is 0 Å². The summed E-state index contributed by atoms with van der Waals surface area (Å²) in [7, 11) is 3.16. The Morgan fingerprint density at radius 2 is 1.62 bits per heavy atom. The van der Waals surface area contributed by atoms with E-state index in [9.17, 15) is 8.63 Å². The van der Waals surface area contributed by atoms with Crippen molar-refractivity contribution in [2.75, 3.05) is 14.1 Å². The molecule has 0 saturated carbocycles. The summed E-state index contributed by atoms with van der Waals surface area (Å²) in [6.45, 7) is -3.56. The van der Waals surface area contributed by atoms with Crippen LogP contribution in [0.4, 0.5) is 14.3 Å². The third-order valence-electron chi connectivity index (χ3n) is 3.72. The molecule has 82 valence electrons.